The Balaban J connectivity index is 1.34. The Morgan fingerprint density at radius 3 is 2.24 bits per heavy atom. The first-order valence-electron chi connectivity index (χ1n) is 12.1. The van der Waals surface area contributed by atoms with Crippen LogP contribution in [0.25, 0.3) is 11.1 Å². The fourth-order valence-corrected chi connectivity index (χ4v) is 4.80. The first-order chi connectivity index (χ1) is 16.5. The van der Waals surface area contributed by atoms with Crippen LogP contribution in [-0.4, -0.2) is 54.2 Å². The molecule has 0 radical (unpaired) electrons. The summed E-state index contributed by atoms with van der Waals surface area (Å²) in [5.74, 6) is -0.928. The van der Waals surface area contributed by atoms with Gasteiger partial charge in [0, 0.05) is 25.6 Å². The molecule has 180 valence electrons. The quantitative estimate of drug-likeness (QED) is 0.518. The molecule has 7 heteroatoms. The number of benzene rings is 2. The van der Waals surface area contributed by atoms with Gasteiger partial charge in [0.2, 0.25) is 5.91 Å². The number of amides is 2. The van der Waals surface area contributed by atoms with Crippen molar-refractivity contribution in [2.45, 2.75) is 38.5 Å². The second-order valence-corrected chi connectivity index (χ2v) is 9.14. The van der Waals surface area contributed by atoms with E-state index in [-0.39, 0.29) is 43.9 Å². The highest BCUT2D eigenvalue weighted by Gasteiger charge is 2.32. The summed E-state index contributed by atoms with van der Waals surface area (Å²) in [4.78, 5) is 38.1. The second-order valence-electron chi connectivity index (χ2n) is 9.14. The topological polar surface area (TPSA) is 95.9 Å². The van der Waals surface area contributed by atoms with Gasteiger partial charge in [0.25, 0.3) is 0 Å². The summed E-state index contributed by atoms with van der Waals surface area (Å²) in [6.45, 7) is 2.87. The van der Waals surface area contributed by atoms with E-state index < -0.39 is 12.1 Å². The lowest BCUT2D eigenvalue weighted by Gasteiger charge is -2.26. The Morgan fingerprint density at radius 2 is 1.68 bits per heavy atom. The van der Waals surface area contributed by atoms with Crippen molar-refractivity contribution in [3.63, 3.8) is 0 Å². The molecule has 0 saturated heterocycles. The van der Waals surface area contributed by atoms with Crippen molar-refractivity contribution in [1.29, 1.82) is 0 Å². The van der Waals surface area contributed by atoms with Gasteiger partial charge in [0.15, 0.2) is 0 Å². The molecule has 1 fully saturated rings. The summed E-state index contributed by atoms with van der Waals surface area (Å²) in [5, 5.41) is 11.8. The van der Waals surface area contributed by atoms with Gasteiger partial charge >= 0.3 is 12.1 Å². The van der Waals surface area contributed by atoms with Crippen LogP contribution in [-0.2, 0) is 14.3 Å². The number of hydrogen-bond acceptors (Lipinski definition) is 4. The fourth-order valence-electron chi connectivity index (χ4n) is 4.80. The number of alkyl carbamates (subject to hydrolysis) is 1. The number of rotatable bonds is 11. The van der Waals surface area contributed by atoms with E-state index in [9.17, 15) is 14.4 Å². The van der Waals surface area contributed by atoms with Crippen molar-refractivity contribution in [3.05, 3.63) is 59.7 Å². The molecule has 1 atom stereocenters. The molecule has 34 heavy (non-hydrogen) atoms. The van der Waals surface area contributed by atoms with E-state index in [1.54, 1.807) is 4.90 Å². The average molecular weight is 465 g/mol. The van der Waals surface area contributed by atoms with E-state index in [2.05, 4.69) is 29.6 Å². The molecule has 4 rings (SSSR count). The molecule has 2 N–H and O–H groups in total. The number of carboxylic acid groups (broad SMARTS) is 1. The molecule has 2 aromatic rings. The third kappa shape index (κ3) is 5.58. The zero-order chi connectivity index (χ0) is 24.1. The van der Waals surface area contributed by atoms with E-state index in [1.165, 1.54) is 11.1 Å². The molecule has 0 heterocycles. The number of aliphatic carboxylic acids is 1. The van der Waals surface area contributed by atoms with Crippen LogP contribution in [0.5, 0.6) is 0 Å². The number of nitrogens with one attached hydrogen (secondary N) is 1. The first-order valence-corrected chi connectivity index (χ1v) is 12.1. The van der Waals surface area contributed by atoms with Crippen molar-refractivity contribution < 1.29 is 24.2 Å². The summed E-state index contributed by atoms with van der Waals surface area (Å²) < 4.78 is 5.60. The minimum atomic E-state index is -0.929. The molecule has 0 aliphatic heterocycles. The molecule has 1 unspecified atom stereocenters. The predicted octanol–water partition coefficient (Wildman–Crippen LogP) is 4.26. The second kappa shape index (κ2) is 10.7. The lowest BCUT2D eigenvalue weighted by Crippen LogP contribution is -2.42. The van der Waals surface area contributed by atoms with E-state index in [0.29, 0.717) is 18.9 Å². The summed E-state index contributed by atoms with van der Waals surface area (Å²) in [5.41, 5.74) is 4.64. The number of carboxylic acids is 1. The number of ether oxygens (including phenoxy) is 1. The van der Waals surface area contributed by atoms with Gasteiger partial charge in [0.1, 0.15) is 6.61 Å². The molecule has 1 saturated carbocycles. The normalized spacial score (nSPS) is 15.2. The molecule has 0 aromatic heterocycles. The van der Waals surface area contributed by atoms with Crippen molar-refractivity contribution in [2.75, 3.05) is 26.2 Å². The molecule has 2 amide bonds. The minimum Gasteiger partial charge on any atom is -0.481 e. The standard InChI is InChI=1S/C27H32N2O5/c1-2-29(14-13-25(30)31)26(32)19(15-18-11-12-18)16-28-27(33)34-17-24-22-9-5-3-7-20(22)21-8-4-6-10-23(21)24/h3-10,18-19,24H,2,11-17H2,1H3,(H,28,33)(H,30,31). The van der Waals surface area contributed by atoms with E-state index in [4.69, 9.17) is 9.84 Å². The molecule has 2 aromatic carbocycles. The number of fused-ring (bicyclic) bond motifs is 3. The summed E-state index contributed by atoms with van der Waals surface area (Å²) in [6, 6.07) is 16.3. The summed E-state index contributed by atoms with van der Waals surface area (Å²) >= 11 is 0. The SMILES string of the molecule is CCN(CCC(=O)O)C(=O)C(CNC(=O)OCC1c2ccccc2-c2ccccc21)CC1CC1. The number of carbonyl (C=O) groups is 3. The Kier molecular flexibility index (Phi) is 7.50. The van der Waals surface area contributed by atoms with E-state index in [1.807, 2.05) is 31.2 Å². The van der Waals surface area contributed by atoms with Crippen molar-refractivity contribution >= 4 is 18.0 Å². The van der Waals surface area contributed by atoms with Gasteiger partial charge in [0.05, 0.1) is 12.3 Å². The highest BCUT2D eigenvalue weighted by Crippen LogP contribution is 2.44. The van der Waals surface area contributed by atoms with Crippen LogP contribution >= 0.6 is 0 Å². The van der Waals surface area contributed by atoms with Crippen LogP contribution in [0, 0.1) is 11.8 Å². The van der Waals surface area contributed by atoms with Crippen molar-refractivity contribution in [2.24, 2.45) is 11.8 Å². The Bertz CT molecular complexity index is 1000. The molecule has 0 bridgehead atoms. The molecule has 2 aliphatic carbocycles. The highest BCUT2D eigenvalue weighted by atomic mass is 16.5. The molecular weight excluding hydrogens is 432 g/mol. The van der Waals surface area contributed by atoms with Gasteiger partial charge in [-0.1, -0.05) is 61.4 Å². The van der Waals surface area contributed by atoms with Gasteiger partial charge in [-0.25, -0.2) is 4.79 Å². The van der Waals surface area contributed by atoms with Crippen molar-refractivity contribution in [1.82, 2.24) is 10.2 Å². The third-order valence-corrected chi connectivity index (χ3v) is 6.79. The number of hydrogen-bond donors (Lipinski definition) is 2. The van der Waals surface area contributed by atoms with E-state index >= 15 is 0 Å². The summed E-state index contributed by atoms with van der Waals surface area (Å²) in [7, 11) is 0. The maximum absolute atomic E-state index is 13.0. The van der Waals surface area contributed by atoms with Gasteiger partial charge in [-0.3, -0.25) is 9.59 Å². The first kappa shape index (κ1) is 23.8. The maximum Gasteiger partial charge on any atom is 0.407 e. The average Bonchev–Trinajstić information content (AvgIpc) is 3.61. The number of carbonyl (C=O) groups excluding carboxylic acids is 2. The fraction of sp³-hybridized carbons (Fsp3) is 0.444. The predicted molar refractivity (Wildman–Crippen MR) is 128 cm³/mol. The smallest absolute Gasteiger partial charge is 0.407 e. The molecule has 2 aliphatic rings. The largest absolute Gasteiger partial charge is 0.481 e. The maximum atomic E-state index is 13.0. The van der Waals surface area contributed by atoms with Gasteiger partial charge in [-0.2, -0.15) is 0 Å². The zero-order valence-corrected chi connectivity index (χ0v) is 19.5. The van der Waals surface area contributed by atoms with Crippen LogP contribution in [0.2, 0.25) is 0 Å². The summed E-state index contributed by atoms with van der Waals surface area (Å²) in [6.07, 6.45) is 2.26. The monoisotopic (exact) mass is 464 g/mol. The van der Waals surface area contributed by atoms with E-state index in [0.717, 1.165) is 24.0 Å². The van der Waals surface area contributed by atoms with Crippen LogP contribution in [0.4, 0.5) is 4.79 Å². The van der Waals surface area contributed by atoms with Crippen molar-refractivity contribution in [3.8, 4) is 11.1 Å². The Hall–Kier alpha value is -3.35. The lowest BCUT2D eigenvalue weighted by molar-refractivity contribution is -0.139. The molecule has 7 nitrogen and oxygen atoms in total. The van der Waals surface area contributed by atoms with Gasteiger partial charge in [-0.05, 0) is 41.5 Å². The number of nitrogens with zero attached hydrogens (tertiary/aromatic N) is 1. The van der Waals surface area contributed by atoms with Crippen LogP contribution < -0.4 is 5.32 Å². The van der Waals surface area contributed by atoms with Gasteiger partial charge < -0.3 is 20.1 Å². The Morgan fingerprint density at radius 1 is 1.06 bits per heavy atom. The highest BCUT2D eigenvalue weighted by molar-refractivity contribution is 5.81. The van der Waals surface area contributed by atoms with Crippen LogP contribution in [0.15, 0.2) is 48.5 Å². The minimum absolute atomic E-state index is 0.0198. The lowest BCUT2D eigenvalue weighted by atomic mass is 9.98. The van der Waals surface area contributed by atoms with Crippen LogP contribution in [0.3, 0.4) is 0 Å². The molecule has 0 spiro atoms. The third-order valence-electron chi connectivity index (χ3n) is 6.79. The zero-order valence-electron chi connectivity index (χ0n) is 19.5. The molecular formula is C27H32N2O5. The van der Waals surface area contributed by atoms with Crippen LogP contribution in [0.1, 0.15) is 49.7 Å². The Labute approximate surface area is 200 Å². The van der Waals surface area contributed by atoms with Gasteiger partial charge in [-0.15, -0.1) is 0 Å².